The zero-order valence-electron chi connectivity index (χ0n) is 19.9. The highest BCUT2D eigenvalue weighted by atomic mass is 14.6. The van der Waals surface area contributed by atoms with E-state index in [9.17, 15) is 0 Å². The number of nitrogens with two attached hydrogens (primary N) is 1. The molecule has 31 heavy (non-hydrogen) atoms. The minimum absolute atomic E-state index is 0.218. The molecular weight excluding hydrogens is 374 g/mol. The molecule has 2 aliphatic rings. The molecule has 0 heterocycles. The first-order valence-corrected chi connectivity index (χ1v) is 12.7. The summed E-state index contributed by atoms with van der Waals surface area (Å²) in [7, 11) is 0. The SMILES string of the molecule is C=C(N)C(C)c1ccc2c(c1)CCCCCCc1c(cccc1C1CC1C)CC2CC. The largest absolute Gasteiger partial charge is 0.402 e. The Hall–Kier alpha value is -2.02. The Morgan fingerprint density at radius 1 is 1.03 bits per heavy atom. The van der Waals surface area contributed by atoms with Crippen molar-refractivity contribution in [2.45, 2.75) is 96.3 Å². The van der Waals surface area contributed by atoms with Gasteiger partial charge in [0.25, 0.3) is 0 Å². The van der Waals surface area contributed by atoms with Crippen molar-refractivity contribution in [2.75, 3.05) is 0 Å². The smallest absolute Gasteiger partial charge is 0.0201 e. The fourth-order valence-electron chi connectivity index (χ4n) is 5.69. The third kappa shape index (κ3) is 4.92. The Balaban J connectivity index is 1.72. The second-order valence-electron chi connectivity index (χ2n) is 10.3. The van der Waals surface area contributed by atoms with Crippen molar-refractivity contribution in [3.63, 3.8) is 0 Å². The van der Waals surface area contributed by atoms with Crippen molar-refractivity contribution in [1.82, 2.24) is 0 Å². The Bertz CT molecular complexity index is 924. The molecule has 1 heteroatoms. The van der Waals surface area contributed by atoms with Crippen LogP contribution in [0.15, 0.2) is 48.7 Å². The predicted molar refractivity (Wildman–Crippen MR) is 134 cm³/mol. The van der Waals surface area contributed by atoms with Gasteiger partial charge in [0, 0.05) is 11.6 Å². The van der Waals surface area contributed by atoms with Crippen LogP contribution in [0.2, 0.25) is 0 Å². The van der Waals surface area contributed by atoms with Crippen molar-refractivity contribution < 1.29 is 0 Å². The molecule has 2 N–H and O–H groups in total. The monoisotopic (exact) mass is 415 g/mol. The van der Waals surface area contributed by atoms with Gasteiger partial charge in [-0.15, -0.1) is 0 Å². The van der Waals surface area contributed by atoms with Crippen LogP contribution < -0.4 is 5.73 Å². The minimum Gasteiger partial charge on any atom is -0.402 e. The Morgan fingerprint density at radius 3 is 2.45 bits per heavy atom. The number of benzene rings is 2. The molecule has 1 nitrogen and oxygen atoms in total. The number of fused-ring (bicyclic) bond motifs is 2. The maximum absolute atomic E-state index is 6.05. The van der Waals surface area contributed by atoms with Crippen LogP contribution >= 0.6 is 0 Å². The van der Waals surface area contributed by atoms with Crippen LogP contribution in [0.5, 0.6) is 0 Å². The molecule has 2 aliphatic carbocycles. The number of hydrogen-bond donors (Lipinski definition) is 1. The molecule has 1 fully saturated rings. The topological polar surface area (TPSA) is 26.0 Å². The summed E-state index contributed by atoms with van der Waals surface area (Å²) in [5.41, 5.74) is 16.2. The molecular formula is C30H41N. The van der Waals surface area contributed by atoms with Crippen molar-refractivity contribution in [2.24, 2.45) is 11.7 Å². The lowest BCUT2D eigenvalue weighted by molar-refractivity contribution is 0.604. The van der Waals surface area contributed by atoms with Gasteiger partial charge in [-0.3, -0.25) is 0 Å². The highest BCUT2D eigenvalue weighted by Crippen LogP contribution is 2.49. The lowest BCUT2D eigenvalue weighted by Crippen LogP contribution is -2.11. The summed E-state index contributed by atoms with van der Waals surface area (Å²) in [4.78, 5) is 0. The fraction of sp³-hybridized carbons (Fsp3) is 0.533. The lowest BCUT2D eigenvalue weighted by Gasteiger charge is -2.25. The summed E-state index contributed by atoms with van der Waals surface area (Å²) >= 11 is 0. The highest BCUT2D eigenvalue weighted by molar-refractivity contribution is 5.43. The van der Waals surface area contributed by atoms with Crippen LogP contribution in [0.4, 0.5) is 0 Å². The number of rotatable bonds is 4. The molecule has 1 saturated carbocycles. The average molecular weight is 416 g/mol. The van der Waals surface area contributed by atoms with E-state index in [1.807, 2.05) is 0 Å². The van der Waals surface area contributed by atoms with Crippen molar-refractivity contribution >= 4 is 0 Å². The third-order valence-electron chi connectivity index (χ3n) is 8.06. The summed E-state index contributed by atoms with van der Waals surface area (Å²) in [5, 5.41) is 0. The van der Waals surface area contributed by atoms with Crippen molar-refractivity contribution in [3.05, 3.63) is 82.1 Å². The summed E-state index contributed by atoms with van der Waals surface area (Å²) < 4.78 is 0. The minimum atomic E-state index is 0.218. The van der Waals surface area contributed by atoms with Gasteiger partial charge in [0.15, 0.2) is 0 Å². The van der Waals surface area contributed by atoms with Gasteiger partial charge in [-0.05, 0) is 96.1 Å². The van der Waals surface area contributed by atoms with Crippen LogP contribution in [-0.4, -0.2) is 0 Å². The van der Waals surface area contributed by atoms with Gasteiger partial charge in [0.05, 0.1) is 0 Å². The molecule has 2 aromatic rings. The van der Waals surface area contributed by atoms with Gasteiger partial charge in [-0.2, -0.15) is 0 Å². The van der Waals surface area contributed by atoms with E-state index in [-0.39, 0.29) is 5.92 Å². The van der Waals surface area contributed by atoms with Crippen molar-refractivity contribution in [3.8, 4) is 0 Å². The first-order valence-electron chi connectivity index (χ1n) is 12.7. The average Bonchev–Trinajstić information content (AvgIpc) is 3.49. The van der Waals surface area contributed by atoms with E-state index < -0.39 is 0 Å². The predicted octanol–water partition coefficient (Wildman–Crippen LogP) is 7.78. The lowest BCUT2D eigenvalue weighted by atomic mass is 9.80. The first kappa shape index (κ1) is 22.2. The van der Waals surface area contributed by atoms with Crippen molar-refractivity contribution in [1.29, 1.82) is 0 Å². The van der Waals surface area contributed by atoms with Crippen LogP contribution in [0.25, 0.3) is 0 Å². The zero-order valence-corrected chi connectivity index (χ0v) is 19.9. The molecule has 4 rings (SSSR count). The molecule has 2 aromatic carbocycles. The Morgan fingerprint density at radius 2 is 1.77 bits per heavy atom. The number of aryl methyl sites for hydroxylation is 1. The molecule has 0 bridgehead atoms. The van der Waals surface area contributed by atoms with Gasteiger partial charge in [0.1, 0.15) is 0 Å². The molecule has 4 unspecified atom stereocenters. The summed E-state index contributed by atoms with van der Waals surface area (Å²) in [6, 6.07) is 14.3. The van der Waals surface area contributed by atoms with Crippen LogP contribution in [0.1, 0.15) is 110 Å². The van der Waals surface area contributed by atoms with Crippen LogP contribution in [0.3, 0.4) is 0 Å². The molecule has 0 aliphatic heterocycles. The molecule has 0 saturated heterocycles. The van der Waals surface area contributed by atoms with Gasteiger partial charge in [-0.1, -0.05) is 76.6 Å². The number of hydrogen-bond acceptors (Lipinski definition) is 1. The molecule has 0 radical (unpaired) electrons. The standard InChI is InChI=1S/C30H41N/c1-5-23-18-26-12-10-14-29(30-17-20(30)2)28(26)13-9-7-6-8-11-25-19-24(15-16-27(23)25)21(3)22(4)31/h10,12,14-16,19-21,23,30H,4-9,11,13,17-18,31H2,1-3H3. The van der Waals surface area contributed by atoms with E-state index in [1.54, 1.807) is 27.8 Å². The zero-order chi connectivity index (χ0) is 22.0. The van der Waals surface area contributed by atoms with E-state index in [4.69, 9.17) is 5.73 Å². The van der Waals surface area contributed by atoms with Gasteiger partial charge in [-0.25, -0.2) is 0 Å². The highest BCUT2D eigenvalue weighted by Gasteiger charge is 2.35. The summed E-state index contributed by atoms with van der Waals surface area (Å²) in [6.45, 7) is 10.9. The molecule has 166 valence electrons. The van der Waals surface area contributed by atoms with Crippen LogP contribution in [0, 0.1) is 5.92 Å². The number of allylic oxidation sites excluding steroid dienone is 1. The first-order chi connectivity index (χ1) is 15.0. The summed E-state index contributed by atoms with van der Waals surface area (Å²) in [5.74, 6) is 2.48. The Labute approximate surface area is 190 Å². The van der Waals surface area contributed by atoms with Gasteiger partial charge in [0.2, 0.25) is 0 Å². The summed E-state index contributed by atoms with van der Waals surface area (Å²) in [6.07, 6.45) is 11.5. The van der Waals surface area contributed by atoms with E-state index in [2.05, 4.69) is 63.7 Å². The molecule has 4 atom stereocenters. The fourth-order valence-corrected chi connectivity index (χ4v) is 5.69. The third-order valence-corrected chi connectivity index (χ3v) is 8.06. The maximum Gasteiger partial charge on any atom is 0.0201 e. The van der Waals surface area contributed by atoms with E-state index in [0.29, 0.717) is 5.92 Å². The van der Waals surface area contributed by atoms with E-state index in [1.165, 1.54) is 63.4 Å². The second kappa shape index (κ2) is 9.63. The Kier molecular flexibility index (Phi) is 6.89. The molecule has 0 spiro atoms. The second-order valence-corrected chi connectivity index (χ2v) is 10.3. The molecule has 0 aromatic heterocycles. The molecule has 0 amide bonds. The van der Waals surface area contributed by atoms with Crippen LogP contribution in [-0.2, 0) is 19.3 Å². The maximum atomic E-state index is 6.05. The van der Waals surface area contributed by atoms with Gasteiger partial charge < -0.3 is 5.73 Å². The normalized spacial score (nSPS) is 24.8. The van der Waals surface area contributed by atoms with E-state index in [0.717, 1.165) is 17.5 Å². The van der Waals surface area contributed by atoms with E-state index >= 15 is 0 Å². The van der Waals surface area contributed by atoms with Gasteiger partial charge >= 0.3 is 0 Å². The quantitative estimate of drug-likeness (QED) is 0.542.